The highest BCUT2D eigenvalue weighted by Gasteiger charge is 2.44. The van der Waals surface area contributed by atoms with Crippen molar-refractivity contribution >= 4 is 68.0 Å². The standard InChI is InChI=1S/C57H53BN2/c1-36-14-18-40(19-15-36)43-30-44(41-20-16-37(2)17-21-41)33-48(32-43)60-52-27-24-46(57(7,8)9)35-50(52)58-49-34-45(56(4,5)6)23-26-51(49)59(53-28-38(3)29-54(60)55(53)58)47-25-22-39-12-10-11-13-42(39)31-47/h10-35H,1-9H3. The first-order valence-electron chi connectivity index (χ1n) is 21.5. The molecule has 3 heteroatoms. The highest BCUT2D eigenvalue weighted by atomic mass is 15.2. The van der Waals surface area contributed by atoms with Gasteiger partial charge in [0.25, 0.3) is 6.71 Å². The minimum Gasteiger partial charge on any atom is -0.311 e. The first-order chi connectivity index (χ1) is 28.7. The van der Waals surface area contributed by atoms with E-state index in [9.17, 15) is 0 Å². The number of hydrogen-bond donors (Lipinski definition) is 0. The molecule has 0 aliphatic carbocycles. The van der Waals surface area contributed by atoms with Crippen LogP contribution in [0.15, 0.2) is 158 Å². The number of nitrogens with zero attached hydrogens (tertiary/aromatic N) is 2. The minimum atomic E-state index is -0.0257. The van der Waals surface area contributed by atoms with E-state index < -0.39 is 0 Å². The lowest BCUT2D eigenvalue weighted by molar-refractivity contribution is 0.590. The molecule has 0 saturated carbocycles. The van der Waals surface area contributed by atoms with Gasteiger partial charge in [-0.2, -0.15) is 0 Å². The molecule has 2 aliphatic heterocycles. The fourth-order valence-electron chi connectivity index (χ4n) is 9.51. The zero-order valence-corrected chi connectivity index (χ0v) is 36.5. The van der Waals surface area contributed by atoms with Crippen LogP contribution in [0.25, 0.3) is 33.0 Å². The number of rotatable bonds is 4. The SMILES string of the molecule is Cc1ccc(-c2cc(-c3ccc(C)cc3)cc(N3c4ccc(C(C)(C)C)cc4B4c5cc(C(C)(C)C)ccc5N(c5ccc6ccccc6c5)c5cc(C)cc3c54)c2)cc1. The van der Waals surface area contributed by atoms with Gasteiger partial charge >= 0.3 is 0 Å². The second-order valence-electron chi connectivity index (χ2n) is 19.4. The topological polar surface area (TPSA) is 6.48 Å². The Balaban J connectivity index is 1.30. The molecule has 60 heavy (non-hydrogen) atoms. The Hall–Kier alpha value is -6.32. The van der Waals surface area contributed by atoms with E-state index in [1.54, 1.807) is 0 Å². The van der Waals surface area contributed by atoms with Crippen LogP contribution in [0.4, 0.5) is 34.1 Å². The van der Waals surface area contributed by atoms with Gasteiger partial charge in [0.2, 0.25) is 0 Å². The van der Waals surface area contributed by atoms with E-state index in [-0.39, 0.29) is 17.5 Å². The summed E-state index contributed by atoms with van der Waals surface area (Å²) in [5.74, 6) is 0. The summed E-state index contributed by atoms with van der Waals surface area (Å²) < 4.78 is 0. The van der Waals surface area contributed by atoms with Crippen molar-refractivity contribution in [2.24, 2.45) is 0 Å². The molecule has 0 atom stereocenters. The summed E-state index contributed by atoms with van der Waals surface area (Å²) >= 11 is 0. The third-order valence-corrected chi connectivity index (χ3v) is 12.9. The molecule has 0 N–H and O–H groups in total. The van der Waals surface area contributed by atoms with Crippen molar-refractivity contribution in [3.05, 3.63) is 186 Å². The fraction of sp³-hybridized carbons (Fsp3) is 0.193. The van der Waals surface area contributed by atoms with Crippen LogP contribution in [-0.2, 0) is 10.8 Å². The molecular weight excluding hydrogens is 723 g/mol. The van der Waals surface area contributed by atoms with Crippen molar-refractivity contribution < 1.29 is 0 Å². The van der Waals surface area contributed by atoms with Crippen LogP contribution >= 0.6 is 0 Å². The zero-order chi connectivity index (χ0) is 41.7. The Morgan fingerprint density at radius 1 is 0.367 bits per heavy atom. The summed E-state index contributed by atoms with van der Waals surface area (Å²) in [4.78, 5) is 5.13. The summed E-state index contributed by atoms with van der Waals surface area (Å²) in [5, 5.41) is 2.49. The average Bonchev–Trinajstić information content (AvgIpc) is 3.22. The molecule has 2 aliphatic rings. The zero-order valence-electron chi connectivity index (χ0n) is 36.5. The van der Waals surface area contributed by atoms with E-state index in [0.29, 0.717) is 0 Å². The quantitative estimate of drug-likeness (QED) is 0.164. The number of hydrogen-bond acceptors (Lipinski definition) is 2. The van der Waals surface area contributed by atoms with Gasteiger partial charge in [0.1, 0.15) is 0 Å². The molecule has 8 aromatic rings. The maximum Gasteiger partial charge on any atom is 0.252 e. The Kier molecular flexibility index (Phi) is 8.77. The van der Waals surface area contributed by atoms with Crippen molar-refractivity contribution in [3.8, 4) is 22.3 Å². The van der Waals surface area contributed by atoms with Gasteiger partial charge in [-0.05, 0) is 152 Å². The van der Waals surface area contributed by atoms with E-state index in [4.69, 9.17) is 0 Å². The molecule has 0 bridgehead atoms. The highest BCUT2D eigenvalue weighted by Crippen LogP contribution is 2.47. The van der Waals surface area contributed by atoms with Gasteiger partial charge in [0.05, 0.1) is 0 Å². The predicted molar refractivity (Wildman–Crippen MR) is 260 cm³/mol. The van der Waals surface area contributed by atoms with Crippen molar-refractivity contribution in [2.45, 2.75) is 73.1 Å². The molecule has 294 valence electrons. The van der Waals surface area contributed by atoms with Gasteiger partial charge in [-0.25, -0.2) is 0 Å². The van der Waals surface area contributed by atoms with Crippen LogP contribution in [0.1, 0.15) is 69.4 Å². The number of benzene rings is 8. The maximum atomic E-state index is 2.58. The lowest BCUT2D eigenvalue weighted by atomic mass is 9.33. The molecular formula is C57H53BN2. The summed E-state index contributed by atoms with van der Waals surface area (Å²) in [6.07, 6.45) is 0. The summed E-state index contributed by atoms with van der Waals surface area (Å²) in [5.41, 5.74) is 22.6. The molecule has 0 fully saturated rings. The third-order valence-electron chi connectivity index (χ3n) is 12.9. The first kappa shape index (κ1) is 37.9. The van der Waals surface area contributed by atoms with Gasteiger partial charge in [-0.1, -0.05) is 156 Å². The van der Waals surface area contributed by atoms with Crippen LogP contribution in [-0.4, -0.2) is 6.71 Å². The average molecular weight is 777 g/mol. The predicted octanol–water partition coefficient (Wildman–Crippen LogP) is 13.8. The highest BCUT2D eigenvalue weighted by molar-refractivity contribution is 7.00. The molecule has 0 amide bonds. The van der Waals surface area contributed by atoms with Gasteiger partial charge < -0.3 is 9.80 Å². The minimum absolute atomic E-state index is 0.0151. The Morgan fingerprint density at radius 2 is 0.850 bits per heavy atom. The lowest BCUT2D eigenvalue weighted by Crippen LogP contribution is -2.61. The van der Waals surface area contributed by atoms with E-state index in [0.717, 1.165) is 5.69 Å². The largest absolute Gasteiger partial charge is 0.311 e. The molecule has 0 unspecified atom stereocenters. The molecule has 0 spiro atoms. The van der Waals surface area contributed by atoms with Crippen LogP contribution in [0.2, 0.25) is 0 Å². The molecule has 8 aromatic carbocycles. The van der Waals surface area contributed by atoms with Gasteiger partial charge in [0.15, 0.2) is 0 Å². The molecule has 0 saturated heterocycles. The van der Waals surface area contributed by atoms with Crippen LogP contribution < -0.4 is 26.2 Å². The maximum absolute atomic E-state index is 2.58. The molecule has 10 rings (SSSR count). The third kappa shape index (κ3) is 6.43. The van der Waals surface area contributed by atoms with Gasteiger partial charge in [-0.3, -0.25) is 0 Å². The van der Waals surface area contributed by atoms with E-state index in [1.807, 2.05) is 0 Å². The second-order valence-corrected chi connectivity index (χ2v) is 19.4. The first-order valence-corrected chi connectivity index (χ1v) is 21.5. The molecule has 0 aromatic heterocycles. The van der Waals surface area contributed by atoms with Crippen molar-refractivity contribution in [1.29, 1.82) is 0 Å². The van der Waals surface area contributed by atoms with Gasteiger partial charge in [0, 0.05) is 34.1 Å². The Bertz CT molecular complexity index is 2920. The van der Waals surface area contributed by atoms with E-state index >= 15 is 0 Å². The Labute approximate surface area is 357 Å². The van der Waals surface area contributed by atoms with Crippen molar-refractivity contribution in [3.63, 3.8) is 0 Å². The number of fused-ring (bicyclic) bond motifs is 5. The lowest BCUT2D eigenvalue weighted by Gasteiger charge is -2.45. The van der Waals surface area contributed by atoms with E-state index in [1.165, 1.54) is 106 Å². The normalized spacial score (nSPS) is 13.3. The molecule has 0 radical (unpaired) electrons. The van der Waals surface area contributed by atoms with Crippen LogP contribution in [0, 0.1) is 20.8 Å². The summed E-state index contributed by atoms with van der Waals surface area (Å²) in [6, 6.07) is 60.3. The fourth-order valence-corrected chi connectivity index (χ4v) is 9.51. The second kappa shape index (κ2) is 13.9. The summed E-state index contributed by atoms with van der Waals surface area (Å²) in [6.45, 7) is 20.6. The van der Waals surface area contributed by atoms with Crippen molar-refractivity contribution in [1.82, 2.24) is 0 Å². The smallest absolute Gasteiger partial charge is 0.252 e. The van der Waals surface area contributed by atoms with Crippen LogP contribution in [0.5, 0.6) is 0 Å². The van der Waals surface area contributed by atoms with Crippen molar-refractivity contribution in [2.75, 3.05) is 9.80 Å². The van der Waals surface area contributed by atoms with E-state index in [2.05, 4.69) is 230 Å². The van der Waals surface area contributed by atoms with Gasteiger partial charge in [-0.15, -0.1) is 0 Å². The molecule has 2 heterocycles. The Morgan fingerprint density at radius 3 is 1.35 bits per heavy atom. The summed E-state index contributed by atoms with van der Waals surface area (Å²) in [7, 11) is 0. The number of anilines is 6. The molecule has 2 nitrogen and oxygen atoms in total. The number of aryl methyl sites for hydroxylation is 3. The monoisotopic (exact) mass is 776 g/mol. The van der Waals surface area contributed by atoms with Crippen LogP contribution in [0.3, 0.4) is 0 Å².